The molecule has 0 heterocycles. The molecule has 0 unspecified atom stereocenters. The second kappa shape index (κ2) is 4.02. The first-order chi connectivity index (χ1) is 7.08. The van der Waals surface area contributed by atoms with Crippen molar-refractivity contribution in [3.8, 4) is 0 Å². The van der Waals surface area contributed by atoms with E-state index in [0.29, 0.717) is 5.41 Å². The van der Waals surface area contributed by atoms with Gasteiger partial charge >= 0.3 is 0 Å². The molecule has 0 atom stereocenters. The Bertz CT molecular complexity index is 374. The van der Waals surface area contributed by atoms with Crippen LogP contribution in [-0.2, 0) is 0 Å². The summed E-state index contributed by atoms with van der Waals surface area (Å²) in [4.78, 5) is 0. The van der Waals surface area contributed by atoms with Gasteiger partial charge in [0.15, 0.2) is 0 Å². The molecule has 0 amide bonds. The maximum atomic E-state index is 6.32. The van der Waals surface area contributed by atoms with E-state index in [-0.39, 0.29) is 0 Å². The maximum Gasteiger partial charge on any atom is 0.0219 e. The van der Waals surface area contributed by atoms with Crippen LogP contribution in [0, 0.1) is 5.41 Å². The second-order valence-corrected chi connectivity index (χ2v) is 5.55. The number of benzene rings is 1. The highest BCUT2D eigenvalue weighted by Gasteiger charge is 2.26. The molecule has 0 saturated heterocycles. The molecule has 0 radical (unpaired) electrons. The molecule has 80 valence electrons. The van der Waals surface area contributed by atoms with Crippen LogP contribution in [0.1, 0.15) is 38.7 Å². The van der Waals surface area contributed by atoms with Crippen LogP contribution in [0.25, 0.3) is 5.57 Å². The fraction of sp³-hybridized carbons (Fsp3) is 0.429. The largest absolute Gasteiger partial charge is 0.0888 e. The summed E-state index contributed by atoms with van der Waals surface area (Å²) in [5.41, 5.74) is 3.02. The number of allylic oxidation sites excluding steroid dienone is 2. The molecule has 15 heavy (non-hydrogen) atoms. The zero-order valence-corrected chi connectivity index (χ0v) is 10.1. The molecule has 1 aromatic carbocycles. The fourth-order valence-electron chi connectivity index (χ4n) is 2.16. The van der Waals surface area contributed by atoms with Crippen LogP contribution >= 0.6 is 11.6 Å². The normalized spacial score (nSPS) is 20.5. The van der Waals surface area contributed by atoms with E-state index in [2.05, 4.69) is 38.1 Å². The Kier molecular flexibility index (Phi) is 2.88. The van der Waals surface area contributed by atoms with Crippen LogP contribution < -0.4 is 0 Å². The summed E-state index contributed by atoms with van der Waals surface area (Å²) >= 11 is 6.32. The molecule has 0 fully saturated rings. The zero-order valence-electron chi connectivity index (χ0n) is 9.39. The molecular weight excluding hydrogens is 204 g/mol. The summed E-state index contributed by atoms with van der Waals surface area (Å²) in [5.74, 6) is 0. The lowest BCUT2D eigenvalue weighted by Crippen LogP contribution is -2.16. The van der Waals surface area contributed by atoms with Crippen molar-refractivity contribution in [3.63, 3.8) is 0 Å². The van der Waals surface area contributed by atoms with Crippen molar-refractivity contribution in [2.75, 3.05) is 0 Å². The van der Waals surface area contributed by atoms with Crippen LogP contribution in [0.15, 0.2) is 35.4 Å². The van der Waals surface area contributed by atoms with Gasteiger partial charge in [-0.1, -0.05) is 55.8 Å². The molecule has 1 aliphatic rings. The lowest BCUT2D eigenvalue weighted by atomic mass is 9.75. The SMILES string of the molecule is CC1(C)CCC(Cl)=C(c2ccccc2)C1. The first kappa shape index (κ1) is 10.8. The van der Waals surface area contributed by atoms with Gasteiger partial charge in [0.1, 0.15) is 0 Å². The molecule has 0 N–H and O–H groups in total. The highest BCUT2D eigenvalue weighted by molar-refractivity contribution is 6.32. The summed E-state index contributed by atoms with van der Waals surface area (Å²) in [5, 5.41) is 1.06. The zero-order chi connectivity index (χ0) is 10.9. The van der Waals surface area contributed by atoms with Crippen molar-refractivity contribution < 1.29 is 0 Å². The van der Waals surface area contributed by atoms with E-state index >= 15 is 0 Å². The van der Waals surface area contributed by atoms with Gasteiger partial charge in [-0.15, -0.1) is 0 Å². The van der Waals surface area contributed by atoms with Crippen LogP contribution in [0.5, 0.6) is 0 Å². The van der Waals surface area contributed by atoms with Crippen molar-refractivity contribution in [1.82, 2.24) is 0 Å². The van der Waals surface area contributed by atoms with Gasteiger partial charge in [-0.3, -0.25) is 0 Å². The Morgan fingerprint density at radius 1 is 1.13 bits per heavy atom. The monoisotopic (exact) mass is 220 g/mol. The standard InChI is InChI=1S/C14H17Cl/c1-14(2)9-8-13(15)12(10-14)11-6-4-3-5-7-11/h3-7H,8-10H2,1-2H3. The molecular formula is C14H17Cl. The number of hydrogen-bond donors (Lipinski definition) is 0. The average molecular weight is 221 g/mol. The Morgan fingerprint density at radius 2 is 1.80 bits per heavy atom. The van der Waals surface area contributed by atoms with Crippen LogP contribution in [0.2, 0.25) is 0 Å². The average Bonchev–Trinajstić information content (AvgIpc) is 2.23. The van der Waals surface area contributed by atoms with Crippen LogP contribution in [0.4, 0.5) is 0 Å². The topological polar surface area (TPSA) is 0 Å². The second-order valence-electron chi connectivity index (χ2n) is 5.09. The van der Waals surface area contributed by atoms with E-state index in [1.807, 2.05) is 6.07 Å². The molecule has 0 aromatic heterocycles. The molecule has 0 aliphatic heterocycles. The summed E-state index contributed by atoms with van der Waals surface area (Å²) < 4.78 is 0. The Hall–Kier alpha value is -0.750. The first-order valence-electron chi connectivity index (χ1n) is 5.51. The van der Waals surface area contributed by atoms with E-state index in [9.17, 15) is 0 Å². The number of hydrogen-bond acceptors (Lipinski definition) is 0. The minimum absolute atomic E-state index is 0.392. The summed E-state index contributed by atoms with van der Waals surface area (Å²) in [6.07, 6.45) is 3.32. The molecule has 0 bridgehead atoms. The molecule has 1 aromatic rings. The van der Waals surface area contributed by atoms with Crippen molar-refractivity contribution in [3.05, 3.63) is 40.9 Å². The summed E-state index contributed by atoms with van der Waals surface area (Å²) in [6.45, 7) is 4.64. The Balaban J connectivity index is 2.36. The van der Waals surface area contributed by atoms with Crippen molar-refractivity contribution in [2.24, 2.45) is 5.41 Å². The predicted molar refractivity (Wildman–Crippen MR) is 66.8 cm³/mol. The quantitative estimate of drug-likeness (QED) is 0.635. The van der Waals surface area contributed by atoms with E-state index in [1.165, 1.54) is 17.6 Å². The van der Waals surface area contributed by atoms with Crippen molar-refractivity contribution >= 4 is 17.2 Å². The van der Waals surface area contributed by atoms with Crippen LogP contribution in [-0.4, -0.2) is 0 Å². The molecule has 0 nitrogen and oxygen atoms in total. The van der Waals surface area contributed by atoms with Gasteiger partial charge in [-0.25, -0.2) is 0 Å². The summed E-state index contributed by atoms with van der Waals surface area (Å²) in [6, 6.07) is 10.5. The highest BCUT2D eigenvalue weighted by Crippen LogP contribution is 2.43. The van der Waals surface area contributed by atoms with Crippen molar-refractivity contribution in [2.45, 2.75) is 33.1 Å². The molecule has 0 spiro atoms. The minimum atomic E-state index is 0.392. The number of halogens is 1. The third-order valence-electron chi connectivity index (χ3n) is 3.13. The number of rotatable bonds is 1. The lowest BCUT2D eigenvalue weighted by molar-refractivity contribution is 0.336. The van der Waals surface area contributed by atoms with E-state index in [1.54, 1.807) is 0 Å². The Morgan fingerprint density at radius 3 is 2.47 bits per heavy atom. The van der Waals surface area contributed by atoms with Gasteiger partial charge in [0.25, 0.3) is 0 Å². The van der Waals surface area contributed by atoms with Gasteiger partial charge in [0.2, 0.25) is 0 Å². The highest BCUT2D eigenvalue weighted by atomic mass is 35.5. The Labute approximate surface area is 97.0 Å². The first-order valence-corrected chi connectivity index (χ1v) is 5.89. The van der Waals surface area contributed by atoms with E-state index in [4.69, 9.17) is 11.6 Å². The molecule has 0 saturated carbocycles. The van der Waals surface area contributed by atoms with Gasteiger partial charge in [0.05, 0.1) is 0 Å². The van der Waals surface area contributed by atoms with E-state index < -0.39 is 0 Å². The van der Waals surface area contributed by atoms with Gasteiger partial charge in [-0.05, 0) is 35.8 Å². The third-order valence-corrected chi connectivity index (χ3v) is 3.54. The maximum absolute atomic E-state index is 6.32. The fourth-order valence-corrected chi connectivity index (χ4v) is 2.43. The van der Waals surface area contributed by atoms with Crippen LogP contribution in [0.3, 0.4) is 0 Å². The molecule has 2 rings (SSSR count). The molecule has 1 heteroatoms. The summed E-state index contributed by atoms with van der Waals surface area (Å²) in [7, 11) is 0. The van der Waals surface area contributed by atoms with Gasteiger partial charge < -0.3 is 0 Å². The third kappa shape index (κ3) is 2.43. The predicted octanol–water partition coefficient (Wildman–Crippen LogP) is 4.85. The smallest absolute Gasteiger partial charge is 0.0219 e. The van der Waals surface area contributed by atoms with Crippen molar-refractivity contribution in [1.29, 1.82) is 0 Å². The van der Waals surface area contributed by atoms with E-state index in [0.717, 1.165) is 17.9 Å². The van der Waals surface area contributed by atoms with Gasteiger partial charge in [0, 0.05) is 5.03 Å². The minimum Gasteiger partial charge on any atom is -0.0888 e. The lowest BCUT2D eigenvalue weighted by Gasteiger charge is -2.31. The van der Waals surface area contributed by atoms with Gasteiger partial charge in [-0.2, -0.15) is 0 Å². The molecule has 1 aliphatic carbocycles.